The van der Waals surface area contributed by atoms with Gasteiger partial charge in [0.2, 0.25) is 10.0 Å². The van der Waals surface area contributed by atoms with Crippen LogP contribution in [0.1, 0.15) is 19.3 Å². The van der Waals surface area contributed by atoms with Crippen LogP contribution in [0.25, 0.3) is 0 Å². The molecule has 7 nitrogen and oxygen atoms in total. The van der Waals surface area contributed by atoms with E-state index in [4.69, 9.17) is 0 Å². The molecule has 2 rings (SSSR count). The van der Waals surface area contributed by atoms with Crippen LogP contribution in [-0.2, 0) is 10.0 Å². The first-order chi connectivity index (χ1) is 9.49. The molecule has 2 N–H and O–H groups in total. The molecule has 1 saturated heterocycles. The summed E-state index contributed by atoms with van der Waals surface area (Å²) < 4.78 is 27.1. The largest absolute Gasteiger partial charge is 0.317 e. The molecule has 1 aromatic carbocycles. The summed E-state index contributed by atoms with van der Waals surface area (Å²) >= 11 is 0. The maximum atomic E-state index is 12.2. The standard InChI is InChI=1S/C12H17N3O4S/c16-15(17)11-4-1-5-12(9-11)20(18,19)14-10-3-2-7-13-8-6-10/h1,4-5,9-10,13-14H,2-3,6-8H2. The molecule has 1 atom stereocenters. The molecule has 1 aromatic rings. The lowest BCUT2D eigenvalue weighted by Crippen LogP contribution is -2.35. The second-order valence-corrected chi connectivity index (χ2v) is 6.47. The fraction of sp³-hybridized carbons (Fsp3) is 0.500. The molecule has 0 aromatic heterocycles. The highest BCUT2D eigenvalue weighted by Gasteiger charge is 2.22. The molecular formula is C12H17N3O4S. The van der Waals surface area contributed by atoms with Gasteiger partial charge in [0.15, 0.2) is 0 Å². The predicted molar refractivity (Wildman–Crippen MR) is 73.9 cm³/mol. The lowest BCUT2D eigenvalue weighted by atomic mass is 10.1. The summed E-state index contributed by atoms with van der Waals surface area (Å²) in [5, 5.41) is 13.9. The van der Waals surface area contributed by atoms with Crippen LogP contribution in [0, 0.1) is 10.1 Å². The van der Waals surface area contributed by atoms with Crippen molar-refractivity contribution in [1.82, 2.24) is 10.0 Å². The minimum absolute atomic E-state index is 0.0658. The Bertz CT molecular complexity index is 580. The number of nitrogens with one attached hydrogen (secondary N) is 2. The summed E-state index contributed by atoms with van der Waals surface area (Å²) in [5.74, 6) is 0. The summed E-state index contributed by atoms with van der Waals surface area (Å²) in [6.45, 7) is 1.65. The van der Waals surface area contributed by atoms with Gasteiger partial charge in [0, 0.05) is 18.2 Å². The van der Waals surface area contributed by atoms with Crippen molar-refractivity contribution in [3.05, 3.63) is 34.4 Å². The van der Waals surface area contributed by atoms with Gasteiger partial charge in [0.25, 0.3) is 5.69 Å². The zero-order valence-corrected chi connectivity index (χ0v) is 11.7. The Morgan fingerprint density at radius 1 is 1.30 bits per heavy atom. The minimum atomic E-state index is -3.71. The van der Waals surface area contributed by atoms with E-state index in [1.54, 1.807) is 0 Å². The molecule has 8 heteroatoms. The average molecular weight is 299 g/mol. The van der Waals surface area contributed by atoms with Gasteiger partial charge < -0.3 is 5.32 Å². The highest BCUT2D eigenvalue weighted by molar-refractivity contribution is 7.89. The molecule has 0 aliphatic carbocycles. The zero-order chi connectivity index (χ0) is 14.6. The molecule has 0 spiro atoms. The third-order valence-corrected chi connectivity index (χ3v) is 4.75. The summed E-state index contributed by atoms with van der Waals surface area (Å²) in [5.41, 5.74) is -0.226. The molecule has 1 unspecified atom stereocenters. The molecule has 20 heavy (non-hydrogen) atoms. The lowest BCUT2D eigenvalue weighted by Gasteiger charge is -2.16. The fourth-order valence-electron chi connectivity index (χ4n) is 2.19. The maximum Gasteiger partial charge on any atom is 0.270 e. The number of nitro groups is 1. The first-order valence-electron chi connectivity index (χ1n) is 6.46. The van der Waals surface area contributed by atoms with Gasteiger partial charge in [0.1, 0.15) is 0 Å². The molecule has 1 heterocycles. The van der Waals surface area contributed by atoms with Crippen LogP contribution < -0.4 is 10.0 Å². The van der Waals surface area contributed by atoms with Gasteiger partial charge in [-0.05, 0) is 38.4 Å². The van der Waals surface area contributed by atoms with Gasteiger partial charge in [-0.2, -0.15) is 0 Å². The zero-order valence-electron chi connectivity index (χ0n) is 10.9. The van der Waals surface area contributed by atoms with Crippen LogP contribution in [0.2, 0.25) is 0 Å². The predicted octanol–water partition coefficient (Wildman–Crippen LogP) is 1.02. The maximum absolute atomic E-state index is 12.2. The second-order valence-electron chi connectivity index (χ2n) is 4.75. The monoisotopic (exact) mass is 299 g/mol. The Labute approximate surface area is 117 Å². The van der Waals surface area contributed by atoms with E-state index < -0.39 is 14.9 Å². The molecule has 0 saturated carbocycles. The first-order valence-corrected chi connectivity index (χ1v) is 7.95. The van der Waals surface area contributed by atoms with E-state index in [1.165, 1.54) is 18.2 Å². The van der Waals surface area contributed by atoms with E-state index in [9.17, 15) is 18.5 Å². The van der Waals surface area contributed by atoms with E-state index in [2.05, 4.69) is 10.0 Å². The number of nitrogens with zero attached hydrogens (tertiary/aromatic N) is 1. The van der Waals surface area contributed by atoms with Gasteiger partial charge in [-0.15, -0.1) is 0 Å². The highest BCUT2D eigenvalue weighted by atomic mass is 32.2. The van der Waals surface area contributed by atoms with Crippen LogP contribution >= 0.6 is 0 Å². The van der Waals surface area contributed by atoms with Crippen molar-refractivity contribution in [2.45, 2.75) is 30.2 Å². The minimum Gasteiger partial charge on any atom is -0.317 e. The fourth-order valence-corrected chi connectivity index (χ4v) is 3.53. The quantitative estimate of drug-likeness (QED) is 0.638. The van der Waals surface area contributed by atoms with E-state index >= 15 is 0 Å². The molecule has 1 aliphatic heterocycles. The number of benzene rings is 1. The molecule has 0 bridgehead atoms. The molecular weight excluding hydrogens is 282 g/mol. The van der Waals surface area contributed by atoms with E-state index in [-0.39, 0.29) is 16.6 Å². The summed E-state index contributed by atoms with van der Waals surface area (Å²) in [4.78, 5) is 10.0. The van der Waals surface area contributed by atoms with Crippen LogP contribution in [0.5, 0.6) is 0 Å². The molecule has 1 aliphatic rings. The Morgan fingerprint density at radius 2 is 2.10 bits per heavy atom. The van der Waals surface area contributed by atoms with Gasteiger partial charge in [-0.1, -0.05) is 6.07 Å². The molecule has 1 fully saturated rings. The normalized spacial score (nSPS) is 20.3. The smallest absolute Gasteiger partial charge is 0.270 e. The number of hydrogen-bond donors (Lipinski definition) is 2. The van der Waals surface area contributed by atoms with Gasteiger partial charge in [-0.3, -0.25) is 10.1 Å². The van der Waals surface area contributed by atoms with Crippen molar-refractivity contribution in [1.29, 1.82) is 0 Å². The molecule has 0 amide bonds. The average Bonchev–Trinajstić information content (AvgIpc) is 2.67. The first kappa shape index (κ1) is 14.9. The number of rotatable bonds is 4. The Morgan fingerprint density at radius 3 is 2.85 bits per heavy atom. The van der Waals surface area contributed by atoms with E-state index in [1.807, 2.05) is 0 Å². The third kappa shape index (κ3) is 3.75. The second kappa shape index (κ2) is 6.29. The van der Waals surface area contributed by atoms with Crippen molar-refractivity contribution in [3.8, 4) is 0 Å². The van der Waals surface area contributed by atoms with Crippen molar-refractivity contribution in [2.75, 3.05) is 13.1 Å². The van der Waals surface area contributed by atoms with Gasteiger partial charge in [0.05, 0.1) is 9.82 Å². The van der Waals surface area contributed by atoms with Crippen LogP contribution in [0.15, 0.2) is 29.2 Å². The topological polar surface area (TPSA) is 101 Å². The van der Waals surface area contributed by atoms with Gasteiger partial charge >= 0.3 is 0 Å². The Kier molecular flexibility index (Phi) is 4.69. The third-order valence-electron chi connectivity index (χ3n) is 3.24. The number of nitro benzene ring substituents is 1. The lowest BCUT2D eigenvalue weighted by molar-refractivity contribution is -0.385. The van der Waals surface area contributed by atoms with Crippen molar-refractivity contribution in [3.63, 3.8) is 0 Å². The van der Waals surface area contributed by atoms with Crippen molar-refractivity contribution < 1.29 is 13.3 Å². The van der Waals surface area contributed by atoms with Crippen LogP contribution in [0.4, 0.5) is 5.69 Å². The number of non-ortho nitro benzene ring substituents is 1. The Hall–Kier alpha value is -1.51. The van der Waals surface area contributed by atoms with E-state index in [0.717, 1.165) is 32.0 Å². The number of hydrogen-bond acceptors (Lipinski definition) is 5. The Balaban J connectivity index is 2.17. The SMILES string of the molecule is O=[N+]([O-])c1cccc(S(=O)(=O)NC2CCCNCC2)c1. The van der Waals surface area contributed by atoms with Crippen molar-refractivity contribution >= 4 is 15.7 Å². The summed E-state index contributed by atoms with van der Waals surface area (Å²) in [6, 6.07) is 4.96. The molecule has 110 valence electrons. The van der Waals surface area contributed by atoms with Crippen LogP contribution in [-0.4, -0.2) is 32.5 Å². The summed E-state index contributed by atoms with van der Waals surface area (Å²) in [6.07, 6.45) is 2.39. The molecule has 0 radical (unpaired) electrons. The van der Waals surface area contributed by atoms with Crippen molar-refractivity contribution in [2.24, 2.45) is 0 Å². The van der Waals surface area contributed by atoms with E-state index in [0.29, 0.717) is 6.42 Å². The number of sulfonamides is 1. The highest BCUT2D eigenvalue weighted by Crippen LogP contribution is 2.18. The van der Waals surface area contributed by atoms with Crippen LogP contribution in [0.3, 0.4) is 0 Å². The summed E-state index contributed by atoms with van der Waals surface area (Å²) in [7, 11) is -3.71. The van der Waals surface area contributed by atoms with Gasteiger partial charge in [-0.25, -0.2) is 13.1 Å².